The van der Waals surface area contributed by atoms with Crippen molar-refractivity contribution in [3.63, 3.8) is 0 Å². The van der Waals surface area contributed by atoms with Gasteiger partial charge in [0.15, 0.2) is 0 Å². The normalized spacial score (nSPS) is 11.9. The first-order chi connectivity index (χ1) is 20.7. The molecular formula is C29H48O13. The van der Waals surface area contributed by atoms with E-state index in [9.17, 15) is 9.90 Å². The topological polar surface area (TPSA) is 150 Å². The van der Waals surface area contributed by atoms with E-state index in [1.807, 2.05) is 18.2 Å². The number of hydrogen-bond acceptors (Lipinski definition) is 13. The van der Waals surface area contributed by atoms with Crippen LogP contribution in [-0.4, -0.2) is 148 Å². The van der Waals surface area contributed by atoms with E-state index in [4.69, 9.17) is 52.5 Å². The van der Waals surface area contributed by atoms with Crippen LogP contribution < -0.4 is 4.74 Å². The highest BCUT2D eigenvalue weighted by molar-refractivity contribution is 5.88. The van der Waals surface area contributed by atoms with Crippen molar-refractivity contribution in [1.29, 1.82) is 0 Å². The fraction of sp³-hybridized carbons (Fsp3) is 0.690. The Morgan fingerprint density at radius 1 is 0.595 bits per heavy atom. The van der Waals surface area contributed by atoms with Crippen LogP contribution in [-0.2, 0) is 47.4 Å². The zero-order valence-electron chi connectivity index (χ0n) is 24.5. The first-order valence-corrected chi connectivity index (χ1v) is 14.1. The zero-order valence-corrected chi connectivity index (χ0v) is 24.5. The molecular weight excluding hydrogens is 556 g/mol. The molecule has 0 aliphatic rings. The highest BCUT2D eigenvalue weighted by Crippen LogP contribution is 2.09. The second kappa shape index (κ2) is 28.9. The molecule has 0 saturated carbocycles. The molecule has 0 amide bonds. The first-order valence-electron chi connectivity index (χ1n) is 14.1. The molecule has 0 aromatic heterocycles. The van der Waals surface area contributed by atoms with Crippen LogP contribution in [0.1, 0.15) is 0 Å². The molecule has 13 heteroatoms. The number of esters is 1. The number of rotatable bonds is 31. The third kappa shape index (κ3) is 22.4. The maximum Gasteiger partial charge on any atom is 0.336 e. The number of carbonyl (C=O) groups is 1. The minimum absolute atomic E-state index is 0.0131. The van der Waals surface area contributed by atoms with Gasteiger partial charge in [-0.15, -0.1) is 0 Å². The maximum absolute atomic E-state index is 12.1. The van der Waals surface area contributed by atoms with Crippen molar-refractivity contribution in [2.45, 2.75) is 6.10 Å². The summed E-state index contributed by atoms with van der Waals surface area (Å²) < 4.78 is 53.6. The molecule has 0 bridgehead atoms. The molecule has 0 radical (unpaired) electrons. The van der Waals surface area contributed by atoms with E-state index in [2.05, 4.69) is 6.58 Å². The highest BCUT2D eigenvalue weighted by atomic mass is 16.6. The number of aliphatic hydroxyl groups is 2. The highest BCUT2D eigenvalue weighted by Gasteiger charge is 2.20. The third-order valence-corrected chi connectivity index (χ3v) is 5.16. The van der Waals surface area contributed by atoms with Gasteiger partial charge in [-0.05, 0) is 12.1 Å². The summed E-state index contributed by atoms with van der Waals surface area (Å²) in [6, 6.07) is 9.18. The van der Waals surface area contributed by atoms with E-state index < -0.39 is 18.7 Å². The van der Waals surface area contributed by atoms with Gasteiger partial charge in [0, 0.05) is 0 Å². The van der Waals surface area contributed by atoms with Gasteiger partial charge in [0.1, 0.15) is 25.1 Å². The number of ether oxygens (including phenoxy) is 10. The van der Waals surface area contributed by atoms with Gasteiger partial charge in [-0.1, -0.05) is 24.8 Å². The van der Waals surface area contributed by atoms with Crippen LogP contribution in [0.5, 0.6) is 5.75 Å². The van der Waals surface area contributed by atoms with Gasteiger partial charge < -0.3 is 57.6 Å². The number of aliphatic hydroxyl groups excluding tert-OH is 2. The molecule has 0 spiro atoms. The number of carbonyl (C=O) groups excluding carboxylic acids is 1. The van der Waals surface area contributed by atoms with Gasteiger partial charge in [0.05, 0.1) is 118 Å². The van der Waals surface area contributed by atoms with Crippen LogP contribution >= 0.6 is 0 Å². The largest absolute Gasteiger partial charge is 0.490 e. The van der Waals surface area contributed by atoms with Gasteiger partial charge in [0.2, 0.25) is 0 Å². The molecule has 0 fully saturated rings. The lowest BCUT2D eigenvalue weighted by molar-refractivity contribution is -0.142. The SMILES string of the molecule is C=C(C(=O)OCCOc1ccccc1)C(CO)OCCOCCOCCOCCOCCOCCOCCOCCO. The van der Waals surface area contributed by atoms with Crippen LogP contribution in [0.15, 0.2) is 42.5 Å². The predicted molar refractivity (Wildman–Crippen MR) is 152 cm³/mol. The zero-order chi connectivity index (χ0) is 30.4. The summed E-state index contributed by atoms with van der Waals surface area (Å²) in [6.45, 7) is 9.67. The lowest BCUT2D eigenvalue weighted by Crippen LogP contribution is -2.28. The van der Waals surface area contributed by atoms with Gasteiger partial charge in [-0.2, -0.15) is 0 Å². The van der Waals surface area contributed by atoms with Crippen LogP contribution in [0.3, 0.4) is 0 Å². The maximum atomic E-state index is 12.1. The Morgan fingerprint density at radius 2 is 1.02 bits per heavy atom. The van der Waals surface area contributed by atoms with Crippen molar-refractivity contribution in [2.75, 3.05) is 126 Å². The molecule has 0 aliphatic carbocycles. The quantitative estimate of drug-likeness (QED) is 0.0694. The van der Waals surface area contributed by atoms with Crippen molar-refractivity contribution in [3.8, 4) is 5.75 Å². The van der Waals surface area contributed by atoms with E-state index in [0.717, 1.165) is 0 Å². The summed E-state index contributed by atoms with van der Waals surface area (Å²) in [6.07, 6.45) is -0.880. The Labute approximate surface area is 248 Å². The van der Waals surface area contributed by atoms with E-state index >= 15 is 0 Å². The molecule has 1 aromatic rings. The summed E-state index contributed by atoms with van der Waals surface area (Å²) in [7, 11) is 0. The Bertz CT molecular complexity index is 750. The smallest absolute Gasteiger partial charge is 0.336 e. The van der Waals surface area contributed by atoms with E-state index in [0.29, 0.717) is 91.6 Å². The van der Waals surface area contributed by atoms with E-state index in [-0.39, 0.29) is 38.6 Å². The average molecular weight is 605 g/mol. The van der Waals surface area contributed by atoms with Crippen LogP contribution in [0, 0.1) is 0 Å². The number of benzene rings is 1. The molecule has 42 heavy (non-hydrogen) atoms. The van der Waals surface area contributed by atoms with E-state index in [1.54, 1.807) is 12.1 Å². The van der Waals surface area contributed by atoms with Gasteiger partial charge in [0.25, 0.3) is 0 Å². The van der Waals surface area contributed by atoms with Gasteiger partial charge in [-0.3, -0.25) is 0 Å². The monoisotopic (exact) mass is 604 g/mol. The number of hydrogen-bond donors (Lipinski definition) is 2. The van der Waals surface area contributed by atoms with Crippen molar-refractivity contribution in [2.24, 2.45) is 0 Å². The lowest BCUT2D eigenvalue weighted by atomic mass is 10.2. The predicted octanol–water partition coefficient (Wildman–Crippen LogP) is 0.651. The molecule has 1 unspecified atom stereocenters. The molecule has 1 aromatic carbocycles. The van der Waals surface area contributed by atoms with Gasteiger partial charge >= 0.3 is 5.97 Å². The van der Waals surface area contributed by atoms with Crippen molar-refractivity contribution in [1.82, 2.24) is 0 Å². The Kier molecular flexibility index (Phi) is 26.1. The number of para-hydroxylation sites is 1. The van der Waals surface area contributed by atoms with Crippen molar-refractivity contribution in [3.05, 3.63) is 42.5 Å². The molecule has 242 valence electrons. The van der Waals surface area contributed by atoms with E-state index in [1.165, 1.54) is 0 Å². The molecule has 0 heterocycles. The van der Waals surface area contributed by atoms with Crippen LogP contribution in [0.2, 0.25) is 0 Å². The first kappa shape index (κ1) is 37.9. The molecule has 1 atom stereocenters. The molecule has 0 aliphatic heterocycles. The Balaban J connectivity index is 1.83. The molecule has 13 nitrogen and oxygen atoms in total. The Morgan fingerprint density at radius 3 is 1.45 bits per heavy atom. The van der Waals surface area contributed by atoms with Crippen molar-refractivity contribution < 1.29 is 62.4 Å². The Hall–Kier alpha value is -2.17. The summed E-state index contributed by atoms with van der Waals surface area (Å²) >= 11 is 0. The fourth-order valence-electron chi connectivity index (χ4n) is 3.03. The summed E-state index contributed by atoms with van der Waals surface area (Å²) in [5.41, 5.74) is 0.0264. The minimum atomic E-state index is -0.880. The summed E-state index contributed by atoms with van der Waals surface area (Å²) in [5.74, 6) is 0.0263. The molecule has 1 rings (SSSR count). The van der Waals surface area contributed by atoms with Crippen LogP contribution in [0.25, 0.3) is 0 Å². The lowest BCUT2D eigenvalue weighted by Gasteiger charge is -2.17. The second-order valence-corrected chi connectivity index (χ2v) is 8.37. The summed E-state index contributed by atoms with van der Waals surface area (Å²) in [5, 5.41) is 18.1. The fourth-order valence-corrected chi connectivity index (χ4v) is 3.03. The average Bonchev–Trinajstić information content (AvgIpc) is 3.01. The van der Waals surface area contributed by atoms with Gasteiger partial charge in [-0.25, -0.2) is 4.79 Å². The molecule has 2 N–H and O–H groups in total. The minimum Gasteiger partial charge on any atom is -0.490 e. The molecule has 0 saturated heterocycles. The second-order valence-electron chi connectivity index (χ2n) is 8.37. The van der Waals surface area contributed by atoms with Crippen LogP contribution in [0.4, 0.5) is 0 Å². The van der Waals surface area contributed by atoms with Crippen molar-refractivity contribution >= 4 is 5.97 Å². The third-order valence-electron chi connectivity index (χ3n) is 5.16. The summed E-state index contributed by atoms with van der Waals surface area (Å²) in [4.78, 5) is 12.1. The standard InChI is InChI=1S/C29H48O13/c1-26(29(32)42-24-23-40-27-5-3-2-4-6-27)28(25-31)41-22-21-39-20-19-38-18-17-37-16-15-36-14-13-35-12-11-34-10-9-33-8-7-30/h2-6,28,30-31H,1,7-25H2.